The third-order valence-corrected chi connectivity index (χ3v) is 15.2. The van der Waals surface area contributed by atoms with Crippen molar-refractivity contribution in [2.24, 2.45) is 4.99 Å². The first-order valence-corrected chi connectivity index (χ1v) is 27.5. The molecular weight excluding hydrogens is 945 g/mol. The highest BCUT2D eigenvalue weighted by Gasteiger charge is 2.33. The van der Waals surface area contributed by atoms with Crippen LogP contribution in [-0.2, 0) is 62.8 Å². The monoisotopic (exact) mass is 1010 g/mol. The van der Waals surface area contributed by atoms with Crippen LogP contribution in [0.5, 0.6) is 0 Å². The lowest BCUT2D eigenvalue weighted by molar-refractivity contribution is 0.478. The number of anilines is 2. The van der Waals surface area contributed by atoms with Gasteiger partial charge in [0.15, 0.2) is 0 Å². The zero-order valence-corrected chi connectivity index (χ0v) is 46.2. The Hall–Kier alpha value is -4.90. The first kappa shape index (κ1) is 54.4. The highest BCUT2D eigenvalue weighted by atomic mass is 32.2. The van der Waals surface area contributed by atoms with E-state index in [0.29, 0.717) is 17.4 Å². The van der Waals surface area contributed by atoms with Crippen LogP contribution < -0.4 is 10.7 Å². The van der Waals surface area contributed by atoms with Crippen LogP contribution in [0.2, 0.25) is 0 Å². The molecule has 0 saturated carbocycles. The molecule has 0 radical (unpaired) electrons. The van der Waals surface area contributed by atoms with Crippen molar-refractivity contribution >= 4 is 58.4 Å². The second-order valence-corrected chi connectivity index (χ2v) is 28.9. The van der Waals surface area contributed by atoms with Crippen molar-refractivity contribution in [3.8, 4) is 22.5 Å². The van der Waals surface area contributed by atoms with Gasteiger partial charge in [-0.15, -0.1) is 0 Å². The fourth-order valence-corrected chi connectivity index (χ4v) is 10.6. The highest BCUT2D eigenvalue weighted by Crippen LogP contribution is 2.48. The van der Waals surface area contributed by atoms with Crippen LogP contribution in [0.15, 0.2) is 96.9 Å². The molecule has 0 amide bonds. The summed E-state index contributed by atoms with van der Waals surface area (Å²) in [6.45, 7) is 38.0. The Morgan fingerprint density at radius 1 is 0.471 bits per heavy atom. The summed E-state index contributed by atoms with van der Waals surface area (Å²) in [5.74, 6) is 0.00663. The molecule has 0 aromatic heterocycles. The summed E-state index contributed by atoms with van der Waals surface area (Å²) >= 11 is 0. The first-order valence-electron chi connectivity index (χ1n) is 23.2. The molecule has 2 aliphatic rings. The predicted octanol–water partition coefficient (Wildman–Crippen LogP) is 13.7. The molecule has 0 unspecified atom stereocenters. The molecule has 0 saturated heterocycles. The molecule has 378 valence electrons. The lowest BCUT2D eigenvalue weighted by Crippen LogP contribution is -2.23. The topological polar surface area (TPSA) is 201 Å². The summed E-state index contributed by atoms with van der Waals surface area (Å²) in [6.07, 6.45) is 0. The van der Waals surface area contributed by atoms with E-state index in [2.05, 4.69) is 113 Å². The summed E-state index contributed by atoms with van der Waals surface area (Å²) in [4.78, 5) is 2.78. The maximum absolute atomic E-state index is 13.6. The fraction of sp³-hybridized carbons (Fsp3) is 0.436. The van der Waals surface area contributed by atoms with Gasteiger partial charge < -0.3 is 9.73 Å². The van der Waals surface area contributed by atoms with E-state index < -0.39 is 55.9 Å². The van der Waals surface area contributed by atoms with Gasteiger partial charge in [-0.3, -0.25) is 13.7 Å². The molecule has 4 aromatic carbocycles. The Kier molecular flexibility index (Phi) is 13.5. The van der Waals surface area contributed by atoms with Crippen molar-refractivity contribution in [1.29, 1.82) is 0 Å². The van der Waals surface area contributed by atoms with E-state index in [1.54, 1.807) is 18.2 Å². The van der Waals surface area contributed by atoms with Gasteiger partial charge in [0.05, 0.1) is 15.9 Å². The van der Waals surface area contributed by atoms with Crippen molar-refractivity contribution in [2.75, 3.05) is 5.32 Å². The molecule has 70 heavy (non-hydrogen) atoms. The summed E-state index contributed by atoms with van der Waals surface area (Å²) in [5, 5.41) is 3.76. The second kappa shape index (κ2) is 17.4. The van der Waals surface area contributed by atoms with Crippen LogP contribution in [0, 0.1) is 0 Å². The minimum Gasteiger partial charge on any atom is -0.456 e. The third kappa shape index (κ3) is 11.2. The van der Waals surface area contributed by atoms with Crippen LogP contribution in [0.4, 0.5) is 17.1 Å². The van der Waals surface area contributed by atoms with Crippen molar-refractivity contribution in [1.82, 2.24) is 0 Å². The molecule has 0 bridgehead atoms. The Bertz CT molecular complexity index is 3400. The van der Waals surface area contributed by atoms with Gasteiger partial charge in [-0.2, -0.15) is 25.3 Å². The lowest BCUT2D eigenvalue weighted by Gasteiger charge is -2.34. The number of hydrogen-bond donors (Lipinski definition) is 4. The van der Waals surface area contributed by atoms with E-state index >= 15 is 0 Å². The number of nitrogens with one attached hydrogen (secondary N) is 1. The molecule has 4 aromatic rings. The van der Waals surface area contributed by atoms with Gasteiger partial charge in [0.1, 0.15) is 21.1 Å². The SMILES string of the molecule is CC(C)(C)c1cc(C(C)(C)C)c(/N=c2\cc3oc4cc(Nc5c(C(C)(C)C)cc(C(C)(C)C)cc5C(C)(C)C)ccc4c(-c4ccc(S(=O)(=O)O)cc4S(=O)(=O)O)c-3cc2S(=O)(=O)O)c(C(C)(C)C)c1. The van der Waals surface area contributed by atoms with Crippen molar-refractivity contribution in [2.45, 2.75) is 172 Å². The van der Waals surface area contributed by atoms with Crippen molar-refractivity contribution in [3.05, 3.63) is 112 Å². The maximum atomic E-state index is 13.6. The molecule has 0 fully saturated rings. The third-order valence-electron chi connectivity index (χ3n) is 12.6. The van der Waals surface area contributed by atoms with Crippen LogP contribution >= 0.6 is 0 Å². The lowest BCUT2D eigenvalue weighted by atomic mass is 9.74. The van der Waals surface area contributed by atoms with E-state index in [1.165, 1.54) is 11.6 Å². The van der Waals surface area contributed by atoms with Gasteiger partial charge in [-0.05, 0) is 96.2 Å². The normalized spacial score (nSPS) is 14.2. The van der Waals surface area contributed by atoms with Gasteiger partial charge in [0.25, 0.3) is 30.4 Å². The van der Waals surface area contributed by atoms with Gasteiger partial charge in [0, 0.05) is 45.6 Å². The summed E-state index contributed by atoms with van der Waals surface area (Å²) in [7, 11) is -15.3. The van der Waals surface area contributed by atoms with Gasteiger partial charge >= 0.3 is 0 Å². The average Bonchev–Trinajstić information content (AvgIpc) is 3.16. The van der Waals surface area contributed by atoms with Gasteiger partial charge in [0.2, 0.25) is 0 Å². The van der Waals surface area contributed by atoms with Crippen LogP contribution in [-0.4, -0.2) is 38.9 Å². The van der Waals surface area contributed by atoms with Crippen molar-refractivity contribution < 1.29 is 43.3 Å². The van der Waals surface area contributed by atoms with Gasteiger partial charge in [-0.25, -0.2) is 4.99 Å². The van der Waals surface area contributed by atoms with E-state index in [4.69, 9.17) is 9.41 Å². The zero-order chi connectivity index (χ0) is 53.1. The molecular formula is C55H70N2O10S3. The minimum absolute atomic E-state index is 0.00663. The molecule has 1 aliphatic heterocycles. The van der Waals surface area contributed by atoms with E-state index in [0.717, 1.165) is 51.7 Å². The average molecular weight is 1020 g/mol. The largest absolute Gasteiger partial charge is 0.456 e. The second-order valence-electron chi connectivity index (χ2n) is 24.7. The summed E-state index contributed by atoms with van der Waals surface area (Å²) < 4.78 is 117. The van der Waals surface area contributed by atoms with Crippen LogP contribution in [0.1, 0.15) is 158 Å². The minimum atomic E-state index is -5.25. The maximum Gasteiger partial charge on any atom is 0.296 e. The number of rotatable bonds is 7. The number of hydrogen-bond acceptors (Lipinski definition) is 9. The Balaban J connectivity index is 1.83. The molecule has 1 aliphatic carbocycles. The summed E-state index contributed by atoms with van der Waals surface area (Å²) in [5.41, 5.74) is 5.87. The standard InChI is InChI=1S/C55H70N2O10S3/c1-50(2,3)31-23-38(52(7,8)9)48(39(24-31)53(10,11)12)56-33-19-21-35-43(27-33)67-44-30-42(57-49-40(54(13,14)15)25-32(51(4,5)6)26-41(49)55(16,17)18)46(70(64,65)66)29-37(44)47(35)36-22-20-34(68(58,59)60)28-45(36)69(61,62)63/h19-30,56H,1-18H3,(H,58,59,60)(H,61,62,63)(H,64,65,66)/b57-42+. The highest BCUT2D eigenvalue weighted by molar-refractivity contribution is 7.86. The number of benzene rings is 5. The smallest absolute Gasteiger partial charge is 0.296 e. The number of fused-ring (bicyclic) bond motifs is 2. The molecule has 1 heterocycles. The molecule has 6 rings (SSSR count). The Morgan fingerprint density at radius 2 is 0.929 bits per heavy atom. The quantitative estimate of drug-likeness (QED) is 0.0876. The number of nitrogens with zero attached hydrogens (tertiary/aromatic N) is 1. The van der Waals surface area contributed by atoms with E-state index in [-0.39, 0.29) is 60.4 Å². The van der Waals surface area contributed by atoms with Gasteiger partial charge in [-0.1, -0.05) is 155 Å². The predicted molar refractivity (Wildman–Crippen MR) is 281 cm³/mol. The van der Waals surface area contributed by atoms with E-state index in [1.807, 2.05) is 41.5 Å². The fourth-order valence-electron chi connectivity index (χ4n) is 8.64. The van der Waals surface area contributed by atoms with E-state index in [9.17, 15) is 38.9 Å². The molecule has 15 heteroatoms. The Labute approximate surface area is 415 Å². The molecule has 4 N–H and O–H groups in total. The zero-order valence-electron chi connectivity index (χ0n) is 43.8. The molecule has 0 atom stereocenters. The van der Waals surface area contributed by atoms with Crippen LogP contribution in [0.3, 0.4) is 0 Å². The van der Waals surface area contributed by atoms with Crippen LogP contribution in [0.25, 0.3) is 33.4 Å². The van der Waals surface area contributed by atoms with Crippen molar-refractivity contribution in [3.63, 3.8) is 0 Å². The first-order chi connectivity index (χ1) is 31.4. The summed E-state index contributed by atoms with van der Waals surface area (Å²) in [6, 6.07) is 18.9. The Morgan fingerprint density at radius 3 is 1.34 bits per heavy atom. The molecule has 0 spiro atoms. The molecule has 12 nitrogen and oxygen atoms in total.